The summed E-state index contributed by atoms with van der Waals surface area (Å²) < 4.78 is 29.8. The minimum atomic E-state index is -3.96. The van der Waals surface area contributed by atoms with Crippen molar-refractivity contribution in [3.63, 3.8) is 0 Å². The standard InChI is InChI=1S/C27H33ClN8O4S/c1-17(2)13-36(41(39,40)20-10-8-19(29)9-11-20)14-22(37)21(12-18-6-4-3-5-7-18)32-23(38)15-35-16-31-24-25(28)33-27(30)34-26(24)35/h3-11,16-17,21-22,37H,12-15,29H2,1-2H3,(H,32,38)(H2,30,33,34)/t21-,22+/m0/s1. The topological polar surface area (TPSA) is 182 Å². The first-order chi connectivity index (χ1) is 19.4. The van der Waals surface area contributed by atoms with Gasteiger partial charge in [-0.15, -0.1) is 0 Å². The zero-order valence-corrected chi connectivity index (χ0v) is 24.3. The fourth-order valence-corrected chi connectivity index (χ4v) is 6.24. The first-order valence-electron chi connectivity index (χ1n) is 12.9. The Morgan fingerprint density at radius 2 is 1.76 bits per heavy atom. The highest BCUT2D eigenvalue weighted by Gasteiger charge is 2.31. The summed E-state index contributed by atoms with van der Waals surface area (Å²) in [5.74, 6) is -0.535. The van der Waals surface area contributed by atoms with Gasteiger partial charge in [0.2, 0.25) is 21.9 Å². The lowest BCUT2D eigenvalue weighted by molar-refractivity contribution is -0.123. The molecule has 4 aromatic rings. The van der Waals surface area contributed by atoms with Crippen LogP contribution < -0.4 is 16.8 Å². The lowest BCUT2D eigenvalue weighted by Gasteiger charge is -2.31. The number of nitrogens with two attached hydrogens (primary N) is 2. The summed E-state index contributed by atoms with van der Waals surface area (Å²) in [5, 5.41) is 14.4. The molecule has 0 spiro atoms. The summed E-state index contributed by atoms with van der Waals surface area (Å²) in [6.07, 6.45) is 0.418. The summed E-state index contributed by atoms with van der Waals surface area (Å²) in [7, 11) is -3.96. The maximum Gasteiger partial charge on any atom is 0.243 e. The molecule has 2 aromatic heterocycles. The lowest BCUT2D eigenvalue weighted by atomic mass is 10.0. The maximum atomic E-state index is 13.6. The van der Waals surface area contributed by atoms with Gasteiger partial charge in [0, 0.05) is 18.8 Å². The molecule has 0 radical (unpaired) electrons. The van der Waals surface area contributed by atoms with Gasteiger partial charge >= 0.3 is 0 Å². The van der Waals surface area contributed by atoms with Crippen molar-refractivity contribution in [1.29, 1.82) is 0 Å². The van der Waals surface area contributed by atoms with Crippen LogP contribution in [-0.4, -0.2) is 68.5 Å². The van der Waals surface area contributed by atoms with E-state index in [2.05, 4.69) is 20.3 Å². The number of carbonyl (C=O) groups is 1. The Kier molecular flexibility index (Phi) is 9.43. The summed E-state index contributed by atoms with van der Waals surface area (Å²) in [5.41, 5.74) is 13.3. The van der Waals surface area contributed by atoms with E-state index in [-0.39, 0.29) is 53.6 Å². The summed E-state index contributed by atoms with van der Waals surface area (Å²) >= 11 is 6.10. The zero-order valence-electron chi connectivity index (χ0n) is 22.7. The Hall–Kier alpha value is -3.78. The molecule has 0 aliphatic rings. The SMILES string of the molecule is CC(C)CN(C[C@@H](O)[C@H](Cc1ccccc1)NC(=O)Cn1cnc2c(Cl)nc(N)nc21)S(=O)(=O)c1ccc(N)cc1. The van der Waals surface area contributed by atoms with Gasteiger partial charge in [0.25, 0.3) is 0 Å². The lowest BCUT2D eigenvalue weighted by Crippen LogP contribution is -2.51. The zero-order chi connectivity index (χ0) is 29.7. The first kappa shape index (κ1) is 30.2. The Balaban J connectivity index is 1.58. The average Bonchev–Trinajstić information content (AvgIpc) is 3.31. The molecule has 14 heteroatoms. The van der Waals surface area contributed by atoms with Gasteiger partial charge in [0.05, 0.1) is 23.4 Å². The quantitative estimate of drug-likeness (QED) is 0.140. The third-order valence-corrected chi connectivity index (χ3v) is 8.45. The van der Waals surface area contributed by atoms with E-state index in [0.29, 0.717) is 11.2 Å². The minimum Gasteiger partial charge on any atom is -0.399 e. The molecule has 2 heterocycles. The number of aliphatic hydroxyl groups excluding tert-OH is 1. The minimum absolute atomic E-state index is 0.0244. The molecule has 0 saturated carbocycles. The van der Waals surface area contributed by atoms with E-state index in [1.165, 1.54) is 39.5 Å². The molecule has 0 aliphatic carbocycles. The molecular formula is C27H33ClN8O4S. The highest BCUT2D eigenvalue weighted by Crippen LogP contribution is 2.21. The average molecular weight is 601 g/mol. The van der Waals surface area contributed by atoms with Gasteiger partial charge in [-0.25, -0.2) is 13.4 Å². The molecule has 2 atom stereocenters. The summed E-state index contributed by atoms with van der Waals surface area (Å²) in [6.45, 7) is 3.51. The molecule has 0 aliphatic heterocycles. The number of hydrogen-bond donors (Lipinski definition) is 4. The van der Waals surface area contributed by atoms with E-state index in [1.54, 1.807) is 0 Å². The van der Waals surface area contributed by atoms with E-state index in [9.17, 15) is 18.3 Å². The van der Waals surface area contributed by atoms with Crippen LogP contribution >= 0.6 is 11.6 Å². The second-order valence-corrected chi connectivity index (χ2v) is 12.4. The molecule has 2 aromatic carbocycles. The molecule has 0 unspecified atom stereocenters. The number of rotatable bonds is 12. The number of imidazole rings is 1. The van der Waals surface area contributed by atoms with Crippen molar-refractivity contribution in [3.8, 4) is 0 Å². The van der Waals surface area contributed by atoms with Gasteiger partial charge in [-0.3, -0.25) is 4.79 Å². The number of nitrogens with one attached hydrogen (secondary N) is 1. The molecule has 6 N–H and O–H groups in total. The predicted octanol–water partition coefficient (Wildman–Crippen LogP) is 2.08. The third-order valence-electron chi connectivity index (χ3n) is 6.34. The largest absolute Gasteiger partial charge is 0.399 e. The van der Waals surface area contributed by atoms with Crippen LogP contribution in [0.5, 0.6) is 0 Å². The highest BCUT2D eigenvalue weighted by atomic mass is 35.5. The normalized spacial score (nSPS) is 13.5. The van der Waals surface area contributed by atoms with Crippen LogP contribution in [-0.2, 0) is 27.8 Å². The van der Waals surface area contributed by atoms with Crippen molar-refractivity contribution in [1.82, 2.24) is 29.1 Å². The molecule has 0 saturated heterocycles. The Morgan fingerprint density at radius 1 is 1.07 bits per heavy atom. The van der Waals surface area contributed by atoms with Crippen LogP contribution in [0.3, 0.4) is 0 Å². The molecule has 41 heavy (non-hydrogen) atoms. The molecule has 1 amide bonds. The number of benzene rings is 2. The Labute approximate surface area is 243 Å². The third kappa shape index (κ3) is 7.50. The molecule has 0 fully saturated rings. The first-order valence-corrected chi connectivity index (χ1v) is 14.8. The van der Waals surface area contributed by atoms with E-state index < -0.39 is 28.1 Å². The van der Waals surface area contributed by atoms with Crippen molar-refractivity contribution >= 4 is 50.3 Å². The van der Waals surface area contributed by atoms with Gasteiger partial charge in [0.15, 0.2) is 10.8 Å². The number of amides is 1. The van der Waals surface area contributed by atoms with Crippen LogP contribution in [0.4, 0.5) is 11.6 Å². The smallest absolute Gasteiger partial charge is 0.243 e. The van der Waals surface area contributed by atoms with Crippen LogP contribution in [0.1, 0.15) is 19.4 Å². The van der Waals surface area contributed by atoms with Crippen molar-refractivity contribution in [2.24, 2.45) is 5.92 Å². The van der Waals surface area contributed by atoms with Crippen LogP contribution in [0.2, 0.25) is 5.15 Å². The Bertz CT molecular complexity index is 1600. The number of fused-ring (bicyclic) bond motifs is 1. The highest BCUT2D eigenvalue weighted by molar-refractivity contribution is 7.89. The maximum absolute atomic E-state index is 13.6. The van der Waals surface area contributed by atoms with E-state index in [1.807, 2.05) is 44.2 Å². The molecule has 12 nitrogen and oxygen atoms in total. The molecular weight excluding hydrogens is 568 g/mol. The van der Waals surface area contributed by atoms with Crippen LogP contribution in [0.15, 0.2) is 65.8 Å². The van der Waals surface area contributed by atoms with Gasteiger partial charge in [-0.1, -0.05) is 55.8 Å². The number of hydrogen-bond acceptors (Lipinski definition) is 9. The van der Waals surface area contributed by atoms with Crippen LogP contribution in [0, 0.1) is 5.92 Å². The van der Waals surface area contributed by atoms with E-state index in [0.717, 1.165) is 5.56 Å². The number of anilines is 2. The molecule has 4 rings (SSSR count). The van der Waals surface area contributed by atoms with E-state index in [4.69, 9.17) is 23.1 Å². The van der Waals surface area contributed by atoms with Crippen LogP contribution in [0.25, 0.3) is 11.2 Å². The van der Waals surface area contributed by atoms with Gasteiger partial charge in [-0.2, -0.15) is 14.3 Å². The number of nitrogens with zero attached hydrogens (tertiary/aromatic N) is 5. The number of aromatic nitrogens is 4. The van der Waals surface area contributed by atoms with Crippen molar-refractivity contribution in [3.05, 3.63) is 71.6 Å². The number of aliphatic hydroxyl groups is 1. The molecule has 0 bridgehead atoms. The van der Waals surface area contributed by atoms with Gasteiger partial charge < -0.3 is 26.5 Å². The number of halogens is 1. The van der Waals surface area contributed by atoms with Crippen molar-refractivity contribution < 1.29 is 18.3 Å². The predicted molar refractivity (Wildman–Crippen MR) is 157 cm³/mol. The summed E-state index contributed by atoms with van der Waals surface area (Å²) in [4.78, 5) is 25.4. The fraction of sp³-hybridized carbons (Fsp3) is 0.333. The van der Waals surface area contributed by atoms with Crippen molar-refractivity contribution in [2.75, 3.05) is 24.6 Å². The van der Waals surface area contributed by atoms with E-state index >= 15 is 0 Å². The monoisotopic (exact) mass is 600 g/mol. The van der Waals surface area contributed by atoms with Gasteiger partial charge in [0.1, 0.15) is 12.1 Å². The van der Waals surface area contributed by atoms with Gasteiger partial charge in [-0.05, 0) is 42.2 Å². The fourth-order valence-electron chi connectivity index (χ4n) is 4.40. The number of sulfonamides is 1. The summed E-state index contributed by atoms with van der Waals surface area (Å²) in [6, 6.07) is 14.4. The number of carbonyl (C=O) groups excluding carboxylic acids is 1. The molecule has 218 valence electrons. The van der Waals surface area contributed by atoms with Crippen molar-refractivity contribution in [2.45, 2.75) is 43.9 Å². The number of nitrogen functional groups attached to an aromatic ring is 2. The second kappa shape index (κ2) is 12.8. The Morgan fingerprint density at radius 3 is 2.41 bits per heavy atom. The second-order valence-electron chi connectivity index (χ2n) is 10.1.